The number of nitrogens with zero attached hydrogens (tertiary/aromatic N) is 3. The van der Waals surface area contributed by atoms with Gasteiger partial charge in [0, 0.05) is 30.6 Å². The molecule has 3 heterocycles. The SMILES string of the molecule is COc1cccc(C(=O)N2CCOC[C@@H](Cc3cccc4[nH]ncc34)C2)c1OCc1ccccn1. The van der Waals surface area contributed by atoms with E-state index >= 15 is 0 Å². The molecule has 0 bridgehead atoms. The molecule has 0 aliphatic carbocycles. The highest BCUT2D eigenvalue weighted by Gasteiger charge is 2.27. The van der Waals surface area contributed by atoms with Gasteiger partial charge in [-0.3, -0.25) is 14.9 Å². The van der Waals surface area contributed by atoms with E-state index in [4.69, 9.17) is 14.2 Å². The molecule has 1 amide bonds. The van der Waals surface area contributed by atoms with Crippen molar-refractivity contribution in [1.29, 1.82) is 0 Å². The van der Waals surface area contributed by atoms with Crippen LogP contribution >= 0.6 is 0 Å². The number of pyridine rings is 1. The summed E-state index contributed by atoms with van der Waals surface area (Å²) in [5.74, 6) is 0.999. The highest BCUT2D eigenvalue weighted by Crippen LogP contribution is 2.33. The van der Waals surface area contributed by atoms with Crippen LogP contribution in [0.15, 0.2) is 67.0 Å². The maximum atomic E-state index is 13.7. The molecular formula is C27H28N4O4. The molecule has 1 aliphatic heterocycles. The van der Waals surface area contributed by atoms with Gasteiger partial charge in [0.1, 0.15) is 6.61 Å². The van der Waals surface area contributed by atoms with Gasteiger partial charge in [-0.15, -0.1) is 0 Å². The Morgan fingerprint density at radius 1 is 1.17 bits per heavy atom. The number of H-pyrrole nitrogens is 1. The average Bonchev–Trinajstić information content (AvgIpc) is 3.27. The predicted octanol–water partition coefficient (Wildman–Crippen LogP) is 3.88. The molecule has 2 aromatic carbocycles. The molecular weight excluding hydrogens is 444 g/mol. The topological polar surface area (TPSA) is 89.6 Å². The van der Waals surface area contributed by atoms with Crippen molar-refractivity contribution in [3.05, 3.63) is 83.8 Å². The molecule has 0 unspecified atom stereocenters. The molecule has 2 aromatic heterocycles. The van der Waals surface area contributed by atoms with Gasteiger partial charge in [0.25, 0.3) is 5.91 Å². The van der Waals surface area contributed by atoms with Gasteiger partial charge in [0.05, 0.1) is 43.3 Å². The minimum Gasteiger partial charge on any atom is -0.493 e. The van der Waals surface area contributed by atoms with E-state index < -0.39 is 0 Å². The van der Waals surface area contributed by atoms with Crippen molar-refractivity contribution in [2.45, 2.75) is 13.0 Å². The van der Waals surface area contributed by atoms with Crippen molar-refractivity contribution < 1.29 is 19.0 Å². The minimum absolute atomic E-state index is 0.100. The fourth-order valence-electron chi connectivity index (χ4n) is 4.50. The Balaban J connectivity index is 1.36. The number of fused-ring (bicyclic) bond motifs is 1. The smallest absolute Gasteiger partial charge is 0.257 e. The second-order valence-corrected chi connectivity index (χ2v) is 8.59. The first-order valence-corrected chi connectivity index (χ1v) is 11.7. The summed E-state index contributed by atoms with van der Waals surface area (Å²) in [6, 6.07) is 17.2. The van der Waals surface area contributed by atoms with Crippen LogP contribution in [0.4, 0.5) is 0 Å². The molecule has 8 heteroatoms. The number of rotatable bonds is 7. The quantitative estimate of drug-likeness (QED) is 0.439. The van der Waals surface area contributed by atoms with Crippen LogP contribution in [0.25, 0.3) is 10.9 Å². The summed E-state index contributed by atoms with van der Waals surface area (Å²) in [6.45, 7) is 2.43. The Morgan fingerprint density at radius 3 is 2.94 bits per heavy atom. The summed E-state index contributed by atoms with van der Waals surface area (Å²) < 4.78 is 17.5. The van der Waals surface area contributed by atoms with Gasteiger partial charge in [-0.25, -0.2) is 0 Å². The Kier molecular flexibility index (Phi) is 6.90. The summed E-state index contributed by atoms with van der Waals surface area (Å²) in [5.41, 5.74) is 3.45. The van der Waals surface area contributed by atoms with Crippen LogP contribution in [-0.2, 0) is 17.8 Å². The van der Waals surface area contributed by atoms with Gasteiger partial charge < -0.3 is 19.1 Å². The molecule has 1 aliphatic rings. The Hall–Kier alpha value is -3.91. The molecule has 8 nitrogen and oxygen atoms in total. The molecule has 1 atom stereocenters. The molecule has 1 N–H and O–H groups in total. The Morgan fingerprint density at radius 2 is 2.09 bits per heavy atom. The van der Waals surface area contributed by atoms with E-state index in [1.165, 1.54) is 5.56 Å². The van der Waals surface area contributed by atoms with Gasteiger partial charge in [0.15, 0.2) is 11.5 Å². The van der Waals surface area contributed by atoms with E-state index in [1.807, 2.05) is 47.5 Å². The zero-order valence-electron chi connectivity index (χ0n) is 19.6. The van der Waals surface area contributed by atoms with Crippen molar-refractivity contribution in [2.75, 3.05) is 33.4 Å². The van der Waals surface area contributed by atoms with E-state index in [1.54, 1.807) is 25.4 Å². The van der Waals surface area contributed by atoms with Crippen LogP contribution in [0.3, 0.4) is 0 Å². The van der Waals surface area contributed by atoms with Gasteiger partial charge in [-0.1, -0.05) is 24.3 Å². The van der Waals surface area contributed by atoms with E-state index in [0.717, 1.165) is 23.0 Å². The van der Waals surface area contributed by atoms with E-state index in [9.17, 15) is 4.79 Å². The number of amides is 1. The molecule has 4 aromatic rings. The zero-order valence-corrected chi connectivity index (χ0v) is 19.6. The number of aromatic nitrogens is 3. The van der Waals surface area contributed by atoms with Gasteiger partial charge >= 0.3 is 0 Å². The van der Waals surface area contributed by atoms with E-state index in [-0.39, 0.29) is 18.4 Å². The van der Waals surface area contributed by atoms with Crippen LogP contribution in [0.1, 0.15) is 21.6 Å². The fourth-order valence-corrected chi connectivity index (χ4v) is 4.50. The monoisotopic (exact) mass is 472 g/mol. The first kappa shape index (κ1) is 22.9. The summed E-state index contributed by atoms with van der Waals surface area (Å²) >= 11 is 0. The summed E-state index contributed by atoms with van der Waals surface area (Å²) in [7, 11) is 1.57. The second-order valence-electron chi connectivity index (χ2n) is 8.59. The maximum Gasteiger partial charge on any atom is 0.257 e. The third-order valence-corrected chi connectivity index (χ3v) is 6.23. The number of benzene rings is 2. The van der Waals surface area contributed by atoms with Crippen LogP contribution in [0.5, 0.6) is 11.5 Å². The average molecular weight is 473 g/mol. The van der Waals surface area contributed by atoms with Gasteiger partial charge in [-0.2, -0.15) is 5.10 Å². The van der Waals surface area contributed by atoms with Crippen molar-refractivity contribution in [2.24, 2.45) is 5.92 Å². The van der Waals surface area contributed by atoms with Crippen molar-refractivity contribution in [3.63, 3.8) is 0 Å². The summed E-state index contributed by atoms with van der Waals surface area (Å²) in [4.78, 5) is 19.9. The summed E-state index contributed by atoms with van der Waals surface area (Å²) in [5, 5.41) is 8.30. The first-order valence-electron chi connectivity index (χ1n) is 11.7. The van der Waals surface area contributed by atoms with E-state index in [0.29, 0.717) is 43.4 Å². The number of para-hydroxylation sites is 1. The normalized spacial score (nSPS) is 16.1. The Labute approximate surface area is 203 Å². The van der Waals surface area contributed by atoms with Gasteiger partial charge in [0.2, 0.25) is 0 Å². The van der Waals surface area contributed by atoms with Gasteiger partial charge in [-0.05, 0) is 42.3 Å². The molecule has 1 saturated heterocycles. The predicted molar refractivity (Wildman–Crippen MR) is 132 cm³/mol. The number of nitrogens with one attached hydrogen (secondary N) is 1. The largest absolute Gasteiger partial charge is 0.493 e. The highest BCUT2D eigenvalue weighted by molar-refractivity contribution is 5.98. The maximum absolute atomic E-state index is 13.7. The zero-order chi connectivity index (χ0) is 24.0. The minimum atomic E-state index is -0.100. The third-order valence-electron chi connectivity index (χ3n) is 6.23. The fraction of sp³-hybridized carbons (Fsp3) is 0.296. The first-order chi connectivity index (χ1) is 17.2. The standard InChI is InChI=1S/C27H28N4O4/c1-33-25-10-5-8-22(26(25)35-18-21-7-2-3-11-28-21)27(32)31-12-13-34-17-19(16-31)14-20-6-4-9-24-23(20)15-29-30-24/h2-11,15,19H,12-14,16-18H2,1H3,(H,29,30)/t19-/m0/s1. The van der Waals surface area contributed by atoms with E-state index in [2.05, 4.69) is 21.2 Å². The number of carbonyl (C=O) groups is 1. The highest BCUT2D eigenvalue weighted by atomic mass is 16.5. The Bertz CT molecular complexity index is 1290. The molecule has 180 valence electrons. The lowest BCUT2D eigenvalue weighted by atomic mass is 9.97. The molecule has 35 heavy (non-hydrogen) atoms. The number of carbonyl (C=O) groups excluding carboxylic acids is 1. The van der Waals surface area contributed by atoms with Crippen molar-refractivity contribution >= 4 is 16.8 Å². The number of aromatic amines is 1. The number of ether oxygens (including phenoxy) is 3. The molecule has 0 radical (unpaired) electrons. The molecule has 1 fully saturated rings. The number of methoxy groups -OCH3 is 1. The number of hydrogen-bond donors (Lipinski definition) is 1. The third kappa shape index (κ3) is 5.12. The lowest BCUT2D eigenvalue weighted by Crippen LogP contribution is -2.36. The van der Waals surface area contributed by atoms with Crippen molar-refractivity contribution in [1.82, 2.24) is 20.1 Å². The number of hydrogen-bond acceptors (Lipinski definition) is 6. The summed E-state index contributed by atoms with van der Waals surface area (Å²) in [6.07, 6.45) is 4.36. The van der Waals surface area contributed by atoms with Crippen LogP contribution in [-0.4, -0.2) is 59.4 Å². The van der Waals surface area contributed by atoms with Crippen LogP contribution in [0.2, 0.25) is 0 Å². The molecule has 0 spiro atoms. The van der Waals surface area contributed by atoms with Crippen LogP contribution in [0, 0.1) is 5.92 Å². The molecule has 0 saturated carbocycles. The molecule has 5 rings (SSSR count). The second kappa shape index (κ2) is 10.6. The van der Waals surface area contributed by atoms with Crippen LogP contribution < -0.4 is 9.47 Å². The van der Waals surface area contributed by atoms with Crippen molar-refractivity contribution in [3.8, 4) is 11.5 Å². The lowest BCUT2D eigenvalue weighted by molar-refractivity contribution is 0.0731. The lowest BCUT2D eigenvalue weighted by Gasteiger charge is -2.25.